The van der Waals surface area contributed by atoms with Gasteiger partial charge in [0.1, 0.15) is 5.82 Å². The molecule has 2 aromatic heterocycles. The molecule has 2 aromatic carbocycles. The summed E-state index contributed by atoms with van der Waals surface area (Å²) in [5.74, 6) is -0.131. The highest BCUT2D eigenvalue weighted by atomic mass is 19.3. The molecule has 0 bridgehead atoms. The second kappa shape index (κ2) is 7.76. The number of aromatic nitrogens is 3. The van der Waals surface area contributed by atoms with Crippen molar-refractivity contribution in [3.8, 4) is 22.8 Å². The highest BCUT2D eigenvalue weighted by Gasteiger charge is 2.44. The Bertz CT molecular complexity index is 1490. The minimum atomic E-state index is -3.72. The van der Waals surface area contributed by atoms with Crippen LogP contribution in [0.15, 0.2) is 48.5 Å². The highest BCUT2D eigenvalue weighted by Crippen LogP contribution is 2.43. The molecule has 0 atom stereocenters. The van der Waals surface area contributed by atoms with Gasteiger partial charge in [-0.3, -0.25) is 9.48 Å². The first kappa shape index (κ1) is 22.8. The van der Waals surface area contributed by atoms with Crippen LogP contribution in [-0.4, -0.2) is 27.0 Å². The Hall–Kier alpha value is -4.01. The van der Waals surface area contributed by atoms with Crippen LogP contribution in [0.5, 0.6) is 11.5 Å². The number of pyridine rings is 1. The molecule has 0 unspecified atom stereocenters. The van der Waals surface area contributed by atoms with E-state index in [-0.39, 0.29) is 17.4 Å². The lowest BCUT2D eigenvalue weighted by atomic mass is 9.83. The average molecular weight is 478 g/mol. The number of carbonyl (C=O) groups is 1. The number of amides is 1. The molecule has 1 N–H and O–H groups in total. The maximum atomic E-state index is 13.4. The summed E-state index contributed by atoms with van der Waals surface area (Å²) in [6, 6.07) is 14.0. The maximum Gasteiger partial charge on any atom is 0.586 e. The topological polar surface area (TPSA) is 78.3 Å². The van der Waals surface area contributed by atoms with E-state index in [1.165, 1.54) is 12.1 Å². The van der Waals surface area contributed by atoms with Gasteiger partial charge in [0, 0.05) is 18.0 Å². The first-order valence-corrected chi connectivity index (χ1v) is 11.1. The first-order chi connectivity index (χ1) is 16.4. The van der Waals surface area contributed by atoms with Crippen molar-refractivity contribution in [2.75, 3.05) is 5.32 Å². The van der Waals surface area contributed by atoms with Gasteiger partial charge in [-0.2, -0.15) is 5.10 Å². The molecule has 7 nitrogen and oxygen atoms in total. The third-order valence-electron chi connectivity index (χ3n) is 6.34. The molecule has 180 valence electrons. The van der Waals surface area contributed by atoms with E-state index in [0.29, 0.717) is 11.4 Å². The van der Waals surface area contributed by atoms with Crippen LogP contribution in [0.3, 0.4) is 0 Å². The number of aryl methyl sites for hydroxylation is 3. The molecule has 0 saturated heterocycles. The number of benzene rings is 2. The van der Waals surface area contributed by atoms with E-state index in [4.69, 9.17) is 4.98 Å². The van der Waals surface area contributed by atoms with Crippen LogP contribution < -0.4 is 14.8 Å². The number of rotatable bonds is 4. The van der Waals surface area contributed by atoms with Crippen LogP contribution in [0.1, 0.15) is 30.7 Å². The van der Waals surface area contributed by atoms with E-state index in [0.717, 1.165) is 33.4 Å². The van der Waals surface area contributed by atoms with Crippen molar-refractivity contribution in [2.24, 2.45) is 7.05 Å². The number of nitrogens with one attached hydrogen (secondary N) is 1. The number of ether oxygens (including phenoxy) is 2. The van der Waals surface area contributed by atoms with E-state index in [1.807, 2.05) is 49.8 Å². The smallest absolute Gasteiger partial charge is 0.395 e. The molecule has 0 aliphatic carbocycles. The molecule has 5 rings (SSSR count). The van der Waals surface area contributed by atoms with Gasteiger partial charge in [0.25, 0.3) is 0 Å². The third kappa shape index (κ3) is 3.96. The summed E-state index contributed by atoms with van der Waals surface area (Å²) < 4.78 is 37.6. The standard InChI is InChI=1S/C26H24F2N4O3/c1-14-6-11-22(29-23(14)16-7-9-19-18(12-16)15(2)31-32(19)5)30-24(33)25(3,4)17-8-10-20-21(13-17)35-26(27,28)34-20/h6-13H,1-5H3,(H,29,30,33). The molecule has 3 heterocycles. The molecule has 4 aromatic rings. The lowest BCUT2D eigenvalue weighted by Crippen LogP contribution is -2.35. The lowest BCUT2D eigenvalue weighted by Gasteiger charge is -2.24. The quantitative estimate of drug-likeness (QED) is 0.420. The summed E-state index contributed by atoms with van der Waals surface area (Å²) in [5.41, 5.74) is 4.01. The molecule has 0 radical (unpaired) electrons. The fourth-order valence-electron chi connectivity index (χ4n) is 4.22. The number of hydrogen-bond acceptors (Lipinski definition) is 5. The number of alkyl halides is 2. The van der Waals surface area contributed by atoms with Gasteiger partial charge in [-0.15, -0.1) is 8.78 Å². The van der Waals surface area contributed by atoms with Crippen molar-refractivity contribution in [1.29, 1.82) is 0 Å². The Kier molecular flexibility index (Phi) is 5.05. The van der Waals surface area contributed by atoms with Gasteiger partial charge in [0.2, 0.25) is 5.91 Å². The maximum absolute atomic E-state index is 13.4. The molecular formula is C26H24F2N4O3. The van der Waals surface area contributed by atoms with Gasteiger partial charge in [-0.1, -0.05) is 18.2 Å². The normalized spacial score (nSPS) is 14.4. The number of nitrogens with zero attached hydrogens (tertiary/aromatic N) is 3. The Morgan fingerprint density at radius 1 is 1.03 bits per heavy atom. The van der Waals surface area contributed by atoms with Gasteiger partial charge in [-0.05, 0) is 69.2 Å². The Morgan fingerprint density at radius 3 is 2.54 bits per heavy atom. The Balaban J connectivity index is 1.43. The number of carbonyl (C=O) groups excluding carboxylic acids is 1. The Labute approximate surface area is 200 Å². The first-order valence-electron chi connectivity index (χ1n) is 11.1. The van der Waals surface area contributed by atoms with Crippen LogP contribution in [0.4, 0.5) is 14.6 Å². The van der Waals surface area contributed by atoms with Gasteiger partial charge >= 0.3 is 6.29 Å². The number of anilines is 1. The summed E-state index contributed by atoms with van der Waals surface area (Å²) in [4.78, 5) is 17.9. The van der Waals surface area contributed by atoms with E-state index in [9.17, 15) is 13.6 Å². The molecule has 1 amide bonds. The van der Waals surface area contributed by atoms with Crippen LogP contribution >= 0.6 is 0 Å². The van der Waals surface area contributed by atoms with Crippen molar-refractivity contribution >= 4 is 22.6 Å². The minimum absolute atomic E-state index is 0.0689. The molecule has 0 spiro atoms. The summed E-state index contributed by atoms with van der Waals surface area (Å²) in [5, 5.41) is 8.38. The zero-order valence-electron chi connectivity index (χ0n) is 19.9. The minimum Gasteiger partial charge on any atom is -0.395 e. The predicted octanol–water partition coefficient (Wildman–Crippen LogP) is 5.49. The van der Waals surface area contributed by atoms with E-state index in [1.54, 1.807) is 26.0 Å². The fraction of sp³-hybridized carbons (Fsp3) is 0.269. The molecule has 35 heavy (non-hydrogen) atoms. The van der Waals surface area contributed by atoms with Crippen molar-refractivity contribution < 1.29 is 23.0 Å². The van der Waals surface area contributed by atoms with Crippen LogP contribution in [0, 0.1) is 13.8 Å². The zero-order valence-corrected chi connectivity index (χ0v) is 19.9. The lowest BCUT2D eigenvalue weighted by molar-refractivity contribution is -0.286. The number of halogens is 2. The molecular weight excluding hydrogens is 454 g/mol. The van der Waals surface area contributed by atoms with Gasteiger partial charge < -0.3 is 14.8 Å². The SMILES string of the molecule is Cc1ccc(NC(=O)C(C)(C)c2ccc3c(c2)OC(F)(F)O3)nc1-c1ccc2c(c1)c(C)nn2C. The zero-order chi connectivity index (χ0) is 25.1. The number of hydrogen-bond donors (Lipinski definition) is 1. The van der Waals surface area contributed by atoms with Crippen LogP contribution in [0.25, 0.3) is 22.2 Å². The summed E-state index contributed by atoms with van der Waals surface area (Å²) >= 11 is 0. The van der Waals surface area contributed by atoms with Crippen molar-refractivity contribution in [3.63, 3.8) is 0 Å². The van der Waals surface area contributed by atoms with E-state index >= 15 is 0 Å². The molecule has 1 aliphatic heterocycles. The van der Waals surface area contributed by atoms with E-state index < -0.39 is 11.7 Å². The largest absolute Gasteiger partial charge is 0.586 e. The van der Waals surface area contributed by atoms with Gasteiger partial charge in [0.05, 0.1) is 22.3 Å². The Morgan fingerprint density at radius 2 is 1.77 bits per heavy atom. The van der Waals surface area contributed by atoms with Gasteiger partial charge in [0.15, 0.2) is 11.5 Å². The average Bonchev–Trinajstić information content (AvgIpc) is 3.27. The van der Waals surface area contributed by atoms with Crippen molar-refractivity contribution in [2.45, 2.75) is 39.4 Å². The van der Waals surface area contributed by atoms with E-state index in [2.05, 4.69) is 19.9 Å². The molecule has 9 heteroatoms. The third-order valence-corrected chi connectivity index (χ3v) is 6.34. The van der Waals surface area contributed by atoms with Crippen LogP contribution in [-0.2, 0) is 17.3 Å². The molecule has 0 fully saturated rings. The second-order valence-electron chi connectivity index (χ2n) is 9.21. The summed E-state index contributed by atoms with van der Waals surface area (Å²) in [6.07, 6.45) is -3.72. The summed E-state index contributed by atoms with van der Waals surface area (Å²) in [6.45, 7) is 7.32. The van der Waals surface area contributed by atoms with Crippen LogP contribution in [0.2, 0.25) is 0 Å². The summed E-state index contributed by atoms with van der Waals surface area (Å²) in [7, 11) is 1.90. The fourth-order valence-corrected chi connectivity index (χ4v) is 4.22. The monoisotopic (exact) mass is 478 g/mol. The number of fused-ring (bicyclic) bond motifs is 2. The van der Waals surface area contributed by atoms with Crippen molar-refractivity contribution in [3.05, 3.63) is 65.4 Å². The second-order valence-corrected chi connectivity index (χ2v) is 9.21. The highest BCUT2D eigenvalue weighted by molar-refractivity contribution is 5.98. The van der Waals surface area contributed by atoms with Gasteiger partial charge in [-0.25, -0.2) is 4.98 Å². The molecule has 0 saturated carbocycles. The molecule has 1 aliphatic rings. The van der Waals surface area contributed by atoms with Crippen molar-refractivity contribution in [1.82, 2.24) is 14.8 Å². The predicted molar refractivity (Wildman–Crippen MR) is 128 cm³/mol.